The van der Waals surface area contributed by atoms with Crippen molar-refractivity contribution >= 4 is 17.5 Å². The van der Waals surface area contributed by atoms with E-state index in [0.717, 1.165) is 38.6 Å². The highest BCUT2D eigenvalue weighted by Gasteiger charge is 2.31. The third kappa shape index (κ3) is 3.30. The average Bonchev–Trinajstić information content (AvgIpc) is 3.29. The van der Waals surface area contributed by atoms with Gasteiger partial charge in [0.2, 0.25) is 11.2 Å². The van der Waals surface area contributed by atoms with E-state index in [1.165, 1.54) is 12.8 Å². The van der Waals surface area contributed by atoms with Gasteiger partial charge in [0.25, 0.3) is 0 Å². The number of hydrogen-bond acceptors (Lipinski definition) is 6. The molecule has 0 radical (unpaired) electrons. The molecule has 20 heavy (non-hydrogen) atoms. The lowest BCUT2D eigenvalue weighted by Gasteiger charge is -2.34. The van der Waals surface area contributed by atoms with Crippen LogP contribution in [0, 0.1) is 0 Å². The summed E-state index contributed by atoms with van der Waals surface area (Å²) in [6.07, 6.45) is 3.62. The fourth-order valence-corrected chi connectivity index (χ4v) is 2.60. The average molecular weight is 298 g/mol. The first-order valence-electron chi connectivity index (χ1n) is 7.29. The highest BCUT2D eigenvalue weighted by Crippen LogP contribution is 2.28. The number of hydrogen-bond donors (Lipinski definition) is 0. The van der Waals surface area contributed by atoms with Gasteiger partial charge < -0.3 is 9.64 Å². The molecule has 0 aromatic carbocycles. The highest BCUT2D eigenvalue weighted by atomic mass is 35.5. The lowest BCUT2D eigenvalue weighted by Crippen LogP contribution is -2.47. The lowest BCUT2D eigenvalue weighted by atomic mass is 10.3. The molecule has 2 fully saturated rings. The van der Waals surface area contributed by atoms with E-state index in [-0.39, 0.29) is 5.28 Å². The van der Waals surface area contributed by atoms with Gasteiger partial charge in [-0.15, -0.1) is 0 Å². The van der Waals surface area contributed by atoms with Gasteiger partial charge >= 0.3 is 6.01 Å². The van der Waals surface area contributed by atoms with Crippen molar-refractivity contribution in [3.8, 4) is 6.01 Å². The summed E-state index contributed by atoms with van der Waals surface area (Å²) in [6.45, 7) is 6.64. The fraction of sp³-hybridized carbons (Fsp3) is 0.769. The third-order valence-corrected chi connectivity index (χ3v) is 3.84. The van der Waals surface area contributed by atoms with Gasteiger partial charge in [0.15, 0.2) is 0 Å². The number of anilines is 1. The third-order valence-electron chi connectivity index (χ3n) is 3.67. The molecule has 2 heterocycles. The minimum atomic E-state index is 0.200. The standard InChI is InChI=1S/C13H20ClN5O/c1-2-9-20-13-16-11(14)15-12(17-13)19-7-5-18(6-8-19)10-3-4-10/h10H,2-9H2,1H3. The Kier molecular flexibility index (Phi) is 4.21. The van der Waals surface area contributed by atoms with Gasteiger partial charge in [-0.1, -0.05) is 6.92 Å². The van der Waals surface area contributed by atoms with E-state index in [1.807, 2.05) is 6.92 Å². The Balaban J connectivity index is 1.65. The molecule has 0 N–H and O–H groups in total. The molecule has 3 rings (SSSR count). The van der Waals surface area contributed by atoms with E-state index < -0.39 is 0 Å². The fourth-order valence-electron chi connectivity index (χ4n) is 2.45. The SMILES string of the molecule is CCCOc1nc(Cl)nc(N2CCN(C3CC3)CC2)n1. The molecule has 0 atom stereocenters. The minimum Gasteiger partial charge on any atom is -0.463 e. The smallest absolute Gasteiger partial charge is 0.322 e. The summed E-state index contributed by atoms with van der Waals surface area (Å²) in [5.74, 6) is 0.631. The Morgan fingerprint density at radius 1 is 1.15 bits per heavy atom. The molecule has 0 unspecified atom stereocenters. The molecular formula is C13H20ClN5O. The zero-order valence-corrected chi connectivity index (χ0v) is 12.5. The largest absolute Gasteiger partial charge is 0.463 e. The molecule has 110 valence electrons. The molecule has 6 nitrogen and oxygen atoms in total. The van der Waals surface area contributed by atoms with Crippen LogP contribution in [-0.2, 0) is 0 Å². The van der Waals surface area contributed by atoms with Crippen molar-refractivity contribution < 1.29 is 4.74 Å². The number of rotatable bonds is 5. The molecule has 1 saturated carbocycles. The Bertz CT molecular complexity index is 460. The summed E-state index contributed by atoms with van der Waals surface area (Å²) >= 11 is 5.96. The van der Waals surface area contributed by atoms with Crippen molar-refractivity contribution in [1.29, 1.82) is 0 Å². The van der Waals surface area contributed by atoms with E-state index in [0.29, 0.717) is 18.6 Å². The van der Waals surface area contributed by atoms with Gasteiger partial charge in [0, 0.05) is 32.2 Å². The van der Waals surface area contributed by atoms with E-state index in [4.69, 9.17) is 16.3 Å². The minimum absolute atomic E-state index is 0.200. The van der Waals surface area contributed by atoms with Crippen LogP contribution in [0.4, 0.5) is 5.95 Å². The summed E-state index contributed by atoms with van der Waals surface area (Å²) < 4.78 is 5.45. The molecule has 0 bridgehead atoms. The van der Waals surface area contributed by atoms with Crippen molar-refractivity contribution in [2.24, 2.45) is 0 Å². The lowest BCUT2D eigenvalue weighted by molar-refractivity contribution is 0.246. The molecule has 0 spiro atoms. The van der Waals surface area contributed by atoms with Crippen LogP contribution < -0.4 is 9.64 Å². The van der Waals surface area contributed by atoms with Crippen LogP contribution in [0.25, 0.3) is 0 Å². The van der Waals surface area contributed by atoms with Crippen LogP contribution in [0.15, 0.2) is 0 Å². The summed E-state index contributed by atoms with van der Waals surface area (Å²) in [5, 5.41) is 0.200. The van der Waals surface area contributed by atoms with Gasteiger partial charge in [-0.2, -0.15) is 15.0 Å². The van der Waals surface area contributed by atoms with Gasteiger partial charge in [0.05, 0.1) is 6.61 Å². The molecule has 0 amide bonds. The Labute approximate surface area is 124 Å². The van der Waals surface area contributed by atoms with Crippen LogP contribution in [0.1, 0.15) is 26.2 Å². The van der Waals surface area contributed by atoms with Crippen molar-refractivity contribution in [3.05, 3.63) is 5.28 Å². The molecule has 7 heteroatoms. The number of piperazine rings is 1. The number of nitrogens with zero attached hydrogens (tertiary/aromatic N) is 5. The van der Waals surface area contributed by atoms with E-state index >= 15 is 0 Å². The van der Waals surface area contributed by atoms with Crippen molar-refractivity contribution in [1.82, 2.24) is 19.9 Å². The summed E-state index contributed by atoms with van der Waals surface area (Å²) in [5.41, 5.74) is 0. The molecule has 1 aromatic heterocycles. The summed E-state index contributed by atoms with van der Waals surface area (Å²) in [7, 11) is 0. The van der Waals surface area contributed by atoms with Gasteiger partial charge in [-0.3, -0.25) is 4.90 Å². The maximum Gasteiger partial charge on any atom is 0.322 e. The van der Waals surface area contributed by atoms with Crippen LogP contribution in [0.5, 0.6) is 6.01 Å². The Morgan fingerprint density at radius 2 is 1.90 bits per heavy atom. The van der Waals surface area contributed by atoms with Crippen LogP contribution in [0.3, 0.4) is 0 Å². The quantitative estimate of drug-likeness (QED) is 0.823. The molecule has 1 aliphatic carbocycles. The van der Waals surface area contributed by atoms with E-state index in [2.05, 4.69) is 24.8 Å². The molecular weight excluding hydrogens is 278 g/mol. The van der Waals surface area contributed by atoms with Crippen LogP contribution in [0.2, 0.25) is 5.28 Å². The van der Waals surface area contributed by atoms with Crippen LogP contribution >= 0.6 is 11.6 Å². The molecule has 1 aliphatic heterocycles. The predicted molar refractivity (Wildman–Crippen MR) is 77.4 cm³/mol. The number of halogens is 1. The Morgan fingerprint density at radius 3 is 2.55 bits per heavy atom. The van der Waals surface area contributed by atoms with Crippen molar-refractivity contribution in [2.75, 3.05) is 37.7 Å². The van der Waals surface area contributed by atoms with Gasteiger partial charge in [-0.25, -0.2) is 0 Å². The summed E-state index contributed by atoms with van der Waals surface area (Å²) in [4.78, 5) is 17.3. The number of ether oxygens (including phenoxy) is 1. The van der Waals surface area contributed by atoms with E-state index in [9.17, 15) is 0 Å². The first kappa shape index (κ1) is 13.8. The first-order chi connectivity index (χ1) is 9.76. The van der Waals surface area contributed by atoms with Gasteiger partial charge in [-0.05, 0) is 30.9 Å². The van der Waals surface area contributed by atoms with Crippen molar-refractivity contribution in [3.63, 3.8) is 0 Å². The van der Waals surface area contributed by atoms with Gasteiger partial charge in [0.1, 0.15) is 0 Å². The Hall–Kier alpha value is -1.14. The summed E-state index contributed by atoms with van der Waals surface area (Å²) in [6, 6.07) is 1.15. The topological polar surface area (TPSA) is 54.4 Å². The molecule has 1 saturated heterocycles. The normalized spacial score (nSPS) is 20.2. The maximum absolute atomic E-state index is 5.96. The second kappa shape index (κ2) is 6.10. The first-order valence-corrected chi connectivity index (χ1v) is 7.67. The number of aromatic nitrogens is 3. The van der Waals surface area contributed by atoms with Crippen LogP contribution in [-0.4, -0.2) is 58.7 Å². The van der Waals surface area contributed by atoms with Crippen molar-refractivity contribution in [2.45, 2.75) is 32.2 Å². The highest BCUT2D eigenvalue weighted by molar-refractivity contribution is 6.28. The molecule has 1 aromatic rings. The molecule has 2 aliphatic rings. The zero-order valence-electron chi connectivity index (χ0n) is 11.8. The maximum atomic E-state index is 5.96. The monoisotopic (exact) mass is 297 g/mol. The van der Waals surface area contributed by atoms with E-state index in [1.54, 1.807) is 0 Å². The second-order valence-electron chi connectivity index (χ2n) is 5.29. The predicted octanol–water partition coefficient (Wildman–Crippen LogP) is 1.60. The second-order valence-corrected chi connectivity index (χ2v) is 5.63. The zero-order chi connectivity index (χ0) is 13.9.